The number of aliphatic hydroxyl groups is 1. The average molecular weight is 256 g/mol. The molecule has 5 nitrogen and oxygen atoms in total. The van der Waals surface area contributed by atoms with Gasteiger partial charge in [0.1, 0.15) is 5.60 Å². The minimum atomic E-state index is -0.471. The summed E-state index contributed by atoms with van der Waals surface area (Å²) in [6.07, 6.45) is 1.22. The maximum absolute atomic E-state index is 12.2. The summed E-state index contributed by atoms with van der Waals surface area (Å²) < 4.78 is 5.46. The van der Waals surface area contributed by atoms with E-state index in [0.29, 0.717) is 0 Å². The van der Waals surface area contributed by atoms with Gasteiger partial charge in [-0.1, -0.05) is 0 Å². The van der Waals surface area contributed by atoms with Crippen LogP contribution in [-0.2, 0) is 4.74 Å². The smallest absolute Gasteiger partial charge is 0.410 e. The Labute approximate surface area is 108 Å². The Morgan fingerprint density at radius 1 is 1.44 bits per heavy atom. The monoisotopic (exact) mass is 256 g/mol. The molecule has 2 rings (SSSR count). The zero-order chi connectivity index (χ0) is 13.5. The van der Waals surface area contributed by atoms with E-state index in [1.54, 1.807) is 6.92 Å². The molecule has 2 aliphatic rings. The predicted octanol–water partition coefficient (Wildman–Crippen LogP) is 1.11. The summed E-state index contributed by atoms with van der Waals surface area (Å²) in [7, 11) is 0. The van der Waals surface area contributed by atoms with Gasteiger partial charge in [0.15, 0.2) is 0 Å². The number of fused-ring (bicyclic) bond motifs is 2. The third-order valence-electron chi connectivity index (χ3n) is 3.67. The normalized spacial score (nSPS) is 33.4. The van der Waals surface area contributed by atoms with Crippen LogP contribution in [0.3, 0.4) is 0 Å². The van der Waals surface area contributed by atoms with Gasteiger partial charge in [-0.05, 0) is 40.5 Å². The quantitative estimate of drug-likeness (QED) is 0.737. The Balaban J connectivity index is 2.10. The van der Waals surface area contributed by atoms with Crippen LogP contribution in [0.4, 0.5) is 4.79 Å². The fourth-order valence-electron chi connectivity index (χ4n) is 2.96. The largest absolute Gasteiger partial charge is 0.444 e. The molecule has 1 amide bonds. The standard InChI is InChI=1S/C13H24N2O3/c1-8(16)11-10-6-5-9(7-14-11)15(10)12(17)18-13(2,3)4/h8-11,14,16H,5-7H2,1-4H3/t8-,9+,10-,11?/m1/s1. The first kappa shape index (κ1) is 13.6. The lowest BCUT2D eigenvalue weighted by Gasteiger charge is -2.42. The van der Waals surface area contributed by atoms with Gasteiger partial charge in [-0.2, -0.15) is 0 Å². The number of hydrogen-bond donors (Lipinski definition) is 2. The first-order valence-electron chi connectivity index (χ1n) is 6.72. The minimum absolute atomic E-state index is 0.0451. The molecular formula is C13H24N2O3. The van der Waals surface area contributed by atoms with Crippen molar-refractivity contribution in [3.8, 4) is 0 Å². The molecule has 0 aromatic rings. The van der Waals surface area contributed by atoms with Crippen LogP contribution in [0.25, 0.3) is 0 Å². The van der Waals surface area contributed by atoms with E-state index >= 15 is 0 Å². The van der Waals surface area contributed by atoms with Gasteiger partial charge in [-0.15, -0.1) is 0 Å². The molecule has 2 saturated heterocycles. The van der Waals surface area contributed by atoms with Gasteiger partial charge in [0.05, 0.1) is 18.2 Å². The van der Waals surface area contributed by atoms with Crippen LogP contribution in [-0.4, -0.2) is 52.5 Å². The second-order valence-corrected chi connectivity index (χ2v) is 6.36. The summed E-state index contributed by atoms with van der Waals surface area (Å²) in [5.74, 6) is 0. The van der Waals surface area contributed by atoms with Crippen molar-refractivity contribution in [1.82, 2.24) is 10.2 Å². The molecule has 4 atom stereocenters. The van der Waals surface area contributed by atoms with Crippen molar-refractivity contribution in [2.45, 2.75) is 70.4 Å². The lowest BCUT2D eigenvalue weighted by molar-refractivity contribution is -0.00704. The highest BCUT2D eigenvalue weighted by molar-refractivity contribution is 5.70. The molecule has 0 saturated carbocycles. The van der Waals surface area contributed by atoms with E-state index in [9.17, 15) is 9.90 Å². The van der Waals surface area contributed by atoms with Crippen LogP contribution in [0.15, 0.2) is 0 Å². The highest BCUT2D eigenvalue weighted by atomic mass is 16.6. The molecule has 0 radical (unpaired) electrons. The number of carbonyl (C=O) groups excluding carboxylic acids is 1. The van der Waals surface area contributed by atoms with Crippen LogP contribution in [0.1, 0.15) is 40.5 Å². The Bertz CT molecular complexity index is 325. The van der Waals surface area contributed by atoms with Gasteiger partial charge < -0.3 is 15.2 Å². The van der Waals surface area contributed by atoms with E-state index in [1.807, 2.05) is 25.7 Å². The molecule has 2 heterocycles. The number of aliphatic hydroxyl groups excluding tert-OH is 1. The van der Waals surface area contributed by atoms with Crippen LogP contribution in [0.2, 0.25) is 0 Å². The zero-order valence-electron chi connectivity index (χ0n) is 11.6. The van der Waals surface area contributed by atoms with Crippen LogP contribution in [0.5, 0.6) is 0 Å². The summed E-state index contributed by atoms with van der Waals surface area (Å²) in [5, 5.41) is 13.1. The number of nitrogens with zero attached hydrogens (tertiary/aromatic N) is 1. The first-order chi connectivity index (χ1) is 8.29. The lowest BCUT2D eigenvalue weighted by Crippen LogP contribution is -2.63. The first-order valence-corrected chi connectivity index (χ1v) is 6.72. The summed E-state index contributed by atoms with van der Waals surface area (Å²) >= 11 is 0. The number of ether oxygens (including phenoxy) is 1. The lowest BCUT2D eigenvalue weighted by atomic mass is 10.0. The Morgan fingerprint density at radius 2 is 2.11 bits per heavy atom. The molecule has 5 heteroatoms. The van der Waals surface area contributed by atoms with E-state index in [2.05, 4.69) is 5.32 Å². The molecule has 104 valence electrons. The van der Waals surface area contributed by atoms with Crippen molar-refractivity contribution in [1.29, 1.82) is 0 Å². The summed E-state index contributed by atoms with van der Waals surface area (Å²) in [5.41, 5.74) is -0.471. The highest BCUT2D eigenvalue weighted by Gasteiger charge is 2.47. The number of piperazine rings is 1. The van der Waals surface area contributed by atoms with E-state index in [0.717, 1.165) is 19.4 Å². The van der Waals surface area contributed by atoms with Gasteiger partial charge in [-0.3, -0.25) is 4.90 Å². The highest BCUT2D eigenvalue weighted by Crippen LogP contribution is 2.32. The van der Waals surface area contributed by atoms with Gasteiger partial charge in [0.25, 0.3) is 0 Å². The molecule has 2 N–H and O–H groups in total. The fourth-order valence-corrected chi connectivity index (χ4v) is 2.96. The molecular weight excluding hydrogens is 232 g/mol. The maximum Gasteiger partial charge on any atom is 0.410 e. The fraction of sp³-hybridized carbons (Fsp3) is 0.923. The van der Waals surface area contributed by atoms with Crippen LogP contribution < -0.4 is 5.32 Å². The molecule has 18 heavy (non-hydrogen) atoms. The number of hydrogen-bond acceptors (Lipinski definition) is 4. The van der Waals surface area contributed by atoms with Crippen molar-refractivity contribution in [3.05, 3.63) is 0 Å². The summed E-state index contributed by atoms with van der Waals surface area (Å²) in [6.45, 7) is 8.14. The topological polar surface area (TPSA) is 61.8 Å². The molecule has 2 aliphatic heterocycles. The maximum atomic E-state index is 12.2. The minimum Gasteiger partial charge on any atom is -0.444 e. The molecule has 1 unspecified atom stereocenters. The summed E-state index contributed by atoms with van der Waals surface area (Å²) in [6, 6.07) is 0.217. The third kappa shape index (κ3) is 2.62. The van der Waals surface area contributed by atoms with E-state index in [4.69, 9.17) is 4.74 Å². The SMILES string of the molecule is C[C@@H](O)C1NC[C@@H]2CC[C@H]1N2C(=O)OC(C)(C)C. The zero-order valence-corrected chi connectivity index (χ0v) is 11.6. The van der Waals surface area contributed by atoms with E-state index in [1.165, 1.54) is 0 Å². The third-order valence-corrected chi connectivity index (χ3v) is 3.67. The summed E-state index contributed by atoms with van der Waals surface area (Å²) in [4.78, 5) is 14.1. The Kier molecular flexibility index (Phi) is 3.56. The van der Waals surface area contributed by atoms with E-state index < -0.39 is 11.7 Å². The van der Waals surface area contributed by atoms with Crippen molar-refractivity contribution in [2.24, 2.45) is 0 Å². The van der Waals surface area contributed by atoms with Crippen molar-refractivity contribution in [2.75, 3.05) is 6.54 Å². The molecule has 0 aromatic carbocycles. The Hall–Kier alpha value is -0.810. The van der Waals surface area contributed by atoms with Crippen molar-refractivity contribution in [3.63, 3.8) is 0 Å². The molecule has 2 bridgehead atoms. The van der Waals surface area contributed by atoms with Gasteiger partial charge in [-0.25, -0.2) is 4.79 Å². The number of carbonyl (C=O) groups is 1. The average Bonchev–Trinajstić information content (AvgIpc) is 2.49. The van der Waals surface area contributed by atoms with E-state index in [-0.39, 0.29) is 24.2 Å². The second-order valence-electron chi connectivity index (χ2n) is 6.36. The molecule has 2 fully saturated rings. The Morgan fingerprint density at radius 3 is 2.67 bits per heavy atom. The van der Waals surface area contributed by atoms with Crippen molar-refractivity contribution >= 4 is 6.09 Å². The van der Waals surface area contributed by atoms with Crippen LogP contribution >= 0.6 is 0 Å². The van der Waals surface area contributed by atoms with Crippen LogP contribution in [0, 0.1) is 0 Å². The molecule has 0 aliphatic carbocycles. The van der Waals surface area contributed by atoms with Crippen molar-refractivity contribution < 1.29 is 14.6 Å². The molecule has 0 aromatic heterocycles. The van der Waals surface area contributed by atoms with Gasteiger partial charge >= 0.3 is 6.09 Å². The second kappa shape index (κ2) is 4.70. The number of nitrogens with one attached hydrogen (secondary N) is 1. The van der Waals surface area contributed by atoms with Gasteiger partial charge in [0.2, 0.25) is 0 Å². The molecule has 0 spiro atoms. The van der Waals surface area contributed by atoms with Gasteiger partial charge in [0, 0.05) is 12.6 Å². The number of amides is 1. The number of rotatable bonds is 1. The predicted molar refractivity (Wildman–Crippen MR) is 68.4 cm³/mol.